The average Bonchev–Trinajstić information content (AvgIpc) is 2.87. The second kappa shape index (κ2) is 4.49. The van der Waals surface area contributed by atoms with Crippen molar-refractivity contribution in [2.24, 2.45) is 5.92 Å². The Morgan fingerprint density at radius 3 is 3.06 bits per heavy atom. The van der Waals surface area contributed by atoms with Crippen LogP contribution in [0.3, 0.4) is 0 Å². The molecule has 1 aromatic carbocycles. The zero-order chi connectivity index (χ0) is 11.7. The number of para-hydroxylation sites is 1. The quantitative estimate of drug-likeness (QED) is 0.733. The van der Waals surface area contributed by atoms with E-state index < -0.39 is 0 Å². The minimum absolute atomic E-state index is 0.0134. The van der Waals surface area contributed by atoms with Crippen molar-refractivity contribution in [3.8, 4) is 5.75 Å². The van der Waals surface area contributed by atoms with Crippen molar-refractivity contribution in [3.63, 3.8) is 0 Å². The summed E-state index contributed by atoms with van der Waals surface area (Å²) in [6, 6.07) is 5.86. The maximum atomic E-state index is 12.4. The molecular formula is C14H16O3. The van der Waals surface area contributed by atoms with Crippen LogP contribution in [-0.2, 0) is 11.2 Å². The molecule has 1 saturated heterocycles. The Labute approximate surface area is 101 Å². The number of rotatable bonds is 2. The number of hydrogen-bond donors (Lipinski definition) is 0. The van der Waals surface area contributed by atoms with Crippen LogP contribution in [0.15, 0.2) is 18.2 Å². The van der Waals surface area contributed by atoms with Crippen molar-refractivity contribution in [3.05, 3.63) is 29.3 Å². The minimum atomic E-state index is 0.0134. The third-order valence-electron chi connectivity index (χ3n) is 3.51. The molecular weight excluding hydrogens is 216 g/mol. The Bertz CT molecular complexity index is 433. The fraction of sp³-hybridized carbons (Fsp3) is 0.500. The van der Waals surface area contributed by atoms with E-state index in [0.29, 0.717) is 13.2 Å². The normalized spacial score (nSPS) is 22.9. The van der Waals surface area contributed by atoms with Crippen LogP contribution in [0.2, 0.25) is 0 Å². The molecule has 90 valence electrons. The molecule has 0 N–H and O–H groups in total. The largest absolute Gasteiger partial charge is 0.492 e. The fourth-order valence-electron chi connectivity index (χ4n) is 2.58. The van der Waals surface area contributed by atoms with Crippen LogP contribution in [0.5, 0.6) is 5.75 Å². The van der Waals surface area contributed by atoms with Crippen LogP contribution in [0.1, 0.15) is 28.8 Å². The van der Waals surface area contributed by atoms with Gasteiger partial charge in [0, 0.05) is 18.9 Å². The van der Waals surface area contributed by atoms with E-state index in [1.54, 1.807) is 0 Å². The number of fused-ring (bicyclic) bond motifs is 1. The number of ketones is 1. The van der Waals surface area contributed by atoms with Gasteiger partial charge >= 0.3 is 0 Å². The highest BCUT2D eigenvalue weighted by Crippen LogP contribution is 2.32. The topological polar surface area (TPSA) is 35.5 Å². The molecule has 3 rings (SSSR count). The predicted molar refractivity (Wildman–Crippen MR) is 63.5 cm³/mol. The zero-order valence-electron chi connectivity index (χ0n) is 9.78. The van der Waals surface area contributed by atoms with Crippen molar-refractivity contribution in [1.82, 2.24) is 0 Å². The maximum absolute atomic E-state index is 12.4. The molecule has 0 aliphatic carbocycles. The standard InChI is InChI=1S/C14H16O3/c15-13(11-4-2-7-16-9-11)12-5-1-3-10-6-8-17-14(10)12/h1,3,5,11H,2,4,6-9H2. The van der Waals surface area contributed by atoms with E-state index in [-0.39, 0.29) is 11.7 Å². The molecule has 0 bridgehead atoms. The molecule has 3 nitrogen and oxygen atoms in total. The van der Waals surface area contributed by atoms with E-state index in [9.17, 15) is 4.79 Å². The first kappa shape index (κ1) is 10.8. The highest BCUT2D eigenvalue weighted by atomic mass is 16.5. The Morgan fingerprint density at radius 1 is 1.29 bits per heavy atom. The first-order valence-electron chi connectivity index (χ1n) is 6.23. The third-order valence-corrected chi connectivity index (χ3v) is 3.51. The van der Waals surface area contributed by atoms with Crippen LogP contribution < -0.4 is 4.74 Å². The molecule has 1 aromatic rings. The summed E-state index contributed by atoms with van der Waals surface area (Å²) in [7, 11) is 0. The lowest BCUT2D eigenvalue weighted by atomic mass is 9.91. The summed E-state index contributed by atoms with van der Waals surface area (Å²) in [5.74, 6) is 1.01. The molecule has 1 atom stereocenters. The summed E-state index contributed by atoms with van der Waals surface area (Å²) in [5.41, 5.74) is 1.91. The van der Waals surface area contributed by atoms with Crippen LogP contribution in [-0.4, -0.2) is 25.6 Å². The van der Waals surface area contributed by atoms with E-state index in [0.717, 1.165) is 42.7 Å². The number of hydrogen-bond acceptors (Lipinski definition) is 3. The fourth-order valence-corrected chi connectivity index (χ4v) is 2.58. The van der Waals surface area contributed by atoms with Crippen LogP contribution in [0, 0.1) is 5.92 Å². The highest BCUT2D eigenvalue weighted by Gasteiger charge is 2.27. The second-order valence-corrected chi connectivity index (χ2v) is 4.67. The van der Waals surface area contributed by atoms with Gasteiger partial charge in [0.15, 0.2) is 5.78 Å². The van der Waals surface area contributed by atoms with Crippen molar-refractivity contribution >= 4 is 5.78 Å². The monoisotopic (exact) mass is 232 g/mol. The highest BCUT2D eigenvalue weighted by molar-refractivity contribution is 6.01. The zero-order valence-corrected chi connectivity index (χ0v) is 9.78. The molecule has 0 amide bonds. The van der Waals surface area contributed by atoms with E-state index in [4.69, 9.17) is 9.47 Å². The molecule has 0 saturated carbocycles. The van der Waals surface area contributed by atoms with Gasteiger partial charge in [0.05, 0.1) is 18.8 Å². The van der Waals surface area contributed by atoms with Crippen LogP contribution >= 0.6 is 0 Å². The summed E-state index contributed by atoms with van der Waals surface area (Å²) in [5, 5.41) is 0. The molecule has 3 heteroatoms. The van der Waals surface area contributed by atoms with Gasteiger partial charge in [0.1, 0.15) is 5.75 Å². The summed E-state index contributed by atoms with van der Waals surface area (Å²) in [6.45, 7) is 2.04. The number of carbonyl (C=O) groups excluding carboxylic acids is 1. The molecule has 0 aromatic heterocycles. The summed E-state index contributed by atoms with van der Waals surface area (Å²) in [4.78, 5) is 12.4. The third kappa shape index (κ3) is 1.95. The van der Waals surface area contributed by atoms with E-state index in [1.807, 2.05) is 18.2 Å². The number of benzene rings is 1. The average molecular weight is 232 g/mol. The molecule has 2 heterocycles. The minimum Gasteiger partial charge on any atom is -0.492 e. The van der Waals surface area contributed by atoms with Crippen molar-refractivity contribution < 1.29 is 14.3 Å². The van der Waals surface area contributed by atoms with Crippen LogP contribution in [0.4, 0.5) is 0 Å². The lowest BCUT2D eigenvalue weighted by Crippen LogP contribution is -2.25. The summed E-state index contributed by atoms with van der Waals surface area (Å²) >= 11 is 0. The van der Waals surface area contributed by atoms with E-state index >= 15 is 0 Å². The Hall–Kier alpha value is -1.35. The van der Waals surface area contributed by atoms with Gasteiger partial charge in [-0.1, -0.05) is 12.1 Å². The second-order valence-electron chi connectivity index (χ2n) is 4.67. The van der Waals surface area contributed by atoms with Gasteiger partial charge in [-0.15, -0.1) is 0 Å². The Balaban J connectivity index is 1.88. The number of ether oxygens (including phenoxy) is 2. The maximum Gasteiger partial charge on any atom is 0.171 e. The van der Waals surface area contributed by atoms with Gasteiger partial charge < -0.3 is 9.47 Å². The molecule has 1 fully saturated rings. The van der Waals surface area contributed by atoms with Gasteiger partial charge in [0.2, 0.25) is 0 Å². The Kier molecular flexibility index (Phi) is 2.85. The Morgan fingerprint density at radius 2 is 2.24 bits per heavy atom. The van der Waals surface area contributed by atoms with Gasteiger partial charge in [-0.2, -0.15) is 0 Å². The SMILES string of the molecule is O=C(c1cccc2c1OCC2)C1CCCOC1. The lowest BCUT2D eigenvalue weighted by Gasteiger charge is -2.21. The predicted octanol–water partition coefficient (Wildman–Crippen LogP) is 2.23. The van der Waals surface area contributed by atoms with Gasteiger partial charge in [0.25, 0.3) is 0 Å². The smallest absolute Gasteiger partial charge is 0.171 e. The molecule has 0 spiro atoms. The van der Waals surface area contributed by atoms with E-state index in [2.05, 4.69) is 0 Å². The first-order chi connectivity index (χ1) is 8.36. The van der Waals surface area contributed by atoms with Crippen molar-refractivity contribution in [2.45, 2.75) is 19.3 Å². The molecule has 2 aliphatic heterocycles. The number of carbonyl (C=O) groups is 1. The van der Waals surface area contributed by atoms with E-state index in [1.165, 1.54) is 0 Å². The lowest BCUT2D eigenvalue weighted by molar-refractivity contribution is 0.0459. The molecule has 1 unspecified atom stereocenters. The van der Waals surface area contributed by atoms with Crippen molar-refractivity contribution in [1.29, 1.82) is 0 Å². The van der Waals surface area contributed by atoms with Gasteiger partial charge in [-0.05, 0) is 24.5 Å². The van der Waals surface area contributed by atoms with Crippen LogP contribution in [0.25, 0.3) is 0 Å². The van der Waals surface area contributed by atoms with Gasteiger partial charge in [-0.25, -0.2) is 0 Å². The molecule has 0 radical (unpaired) electrons. The first-order valence-corrected chi connectivity index (χ1v) is 6.23. The van der Waals surface area contributed by atoms with Gasteiger partial charge in [-0.3, -0.25) is 4.79 Å². The summed E-state index contributed by atoms with van der Waals surface area (Å²) in [6.07, 6.45) is 2.83. The molecule has 17 heavy (non-hydrogen) atoms. The molecule has 2 aliphatic rings. The summed E-state index contributed by atoms with van der Waals surface area (Å²) < 4.78 is 11.0. The van der Waals surface area contributed by atoms with Crippen molar-refractivity contribution in [2.75, 3.05) is 19.8 Å². The number of Topliss-reactive ketones (excluding diaryl/α,β-unsaturated/α-hetero) is 1.